The molecule has 0 aliphatic rings. The highest BCUT2D eigenvalue weighted by Gasteiger charge is 2.34. The molecule has 0 saturated carbocycles. The number of aliphatic carboxylic acids is 1. The molecule has 1 rings (SSSR count). The van der Waals surface area contributed by atoms with Gasteiger partial charge in [0.25, 0.3) is 0 Å². The second-order valence-electron chi connectivity index (χ2n) is 13.7. The Kier molecular flexibility index (Phi) is 19.1. The van der Waals surface area contributed by atoms with Crippen LogP contribution in [-0.4, -0.2) is 106 Å². The number of benzene rings is 1. The molecule has 0 spiro atoms. The van der Waals surface area contributed by atoms with E-state index in [0.717, 1.165) is 0 Å². The lowest BCUT2D eigenvalue weighted by atomic mass is 10.00. The number of carboxylic acids is 1. The van der Waals surface area contributed by atoms with E-state index >= 15 is 0 Å². The van der Waals surface area contributed by atoms with E-state index in [4.69, 9.17) is 17.2 Å². The molecule has 18 nitrogen and oxygen atoms in total. The van der Waals surface area contributed by atoms with Gasteiger partial charge >= 0.3 is 5.97 Å². The summed E-state index contributed by atoms with van der Waals surface area (Å²) in [5.74, 6) is -5.41. The Hall–Kier alpha value is -4.97. The second-order valence-corrected chi connectivity index (χ2v) is 13.7. The summed E-state index contributed by atoms with van der Waals surface area (Å²) in [5.41, 5.74) is 17.3. The average molecular weight is 736 g/mol. The average Bonchev–Trinajstić information content (AvgIpc) is 3.04. The first-order valence-electron chi connectivity index (χ1n) is 17.2. The Labute approximate surface area is 304 Å². The van der Waals surface area contributed by atoms with Crippen LogP contribution in [-0.2, 0) is 35.2 Å². The van der Waals surface area contributed by atoms with Crippen molar-refractivity contribution < 1.29 is 44.1 Å². The monoisotopic (exact) mass is 735 g/mol. The fourth-order valence-corrected chi connectivity index (χ4v) is 5.02. The molecule has 1 aromatic carbocycles. The summed E-state index contributed by atoms with van der Waals surface area (Å²) in [4.78, 5) is 81.5. The first kappa shape index (κ1) is 45.1. The fourth-order valence-electron chi connectivity index (χ4n) is 5.02. The van der Waals surface area contributed by atoms with Gasteiger partial charge in [0, 0.05) is 6.54 Å². The molecule has 0 aliphatic carbocycles. The third kappa shape index (κ3) is 16.8. The molecule has 52 heavy (non-hydrogen) atoms. The minimum Gasteiger partial charge on any atom is -0.508 e. The SMILES string of the molecule is CC(C)C[C@H](NC(=O)[C@@H](NC(=O)[C@H](CC(C)C)NC(=O)[C@@H](N)Cc1ccc(O)cc1)[C@@H](C)O)C(=O)N[C@@H](C)C(=O)N[C@@H](CCCN=C(N)N)C(=O)O. The maximum atomic E-state index is 13.5. The van der Waals surface area contributed by atoms with Crippen LogP contribution in [0.2, 0.25) is 0 Å². The zero-order valence-electron chi connectivity index (χ0n) is 30.7. The van der Waals surface area contributed by atoms with Gasteiger partial charge in [0.2, 0.25) is 29.5 Å². The number of nitrogens with one attached hydrogen (secondary N) is 5. The summed E-state index contributed by atoms with van der Waals surface area (Å²) in [6.45, 7) is 10.0. The number of hydrogen-bond acceptors (Lipinski definition) is 10. The first-order valence-corrected chi connectivity index (χ1v) is 17.2. The largest absolute Gasteiger partial charge is 0.508 e. The van der Waals surface area contributed by atoms with Gasteiger partial charge in [0.1, 0.15) is 36.0 Å². The van der Waals surface area contributed by atoms with E-state index in [2.05, 4.69) is 31.6 Å². The van der Waals surface area contributed by atoms with Gasteiger partial charge in [-0.05, 0) is 75.5 Å². The Morgan fingerprint density at radius 3 is 1.69 bits per heavy atom. The number of carbonyl (C=O) groups excluding carboxylic acids is 5. The van der Waals surface area contributed by atoms with Gasteiger partial charge in [-0.15, -0.1) is 0 Å². The number of phenols is 1. The lowest BCUT2D eigenvalue weighted by Gasteiger charge is -2.28. The molecule has 292 valence electrons. The van der Waals surface area contributed by atoms with Gasteiger partial charge < -0.3 is 59.1 Å². The van der Waals surface area contributed by atoms with Crippen LogP contribution in [0.4, 0.5) is 0 Å². The molecule has 0 saturated heterocycles. The van der Waals surface area contributed by atoms with Crippen LogP contribution in [0.5, 0.6) is 5.75 Å². The van der Waals surface area contributed by atoms with E-state index in [0.29, 0.717) is 5.56 Å². The lowest BCUT2D eigenvalue weighted by molar-refractivity contribution is -0.142. The zero-order valence-corrected chi connectivity index (χ0v) is 30.7. The number of aliphatic hydroxyl groups is 1. The number of hydrogen-bond donors (Lipinski definition) is 11. The van der Waals surface area contributed by atoms with Gasteiger partial charge in [-0.2, -0.15) is 0 Å². The third-order valence-electron chi connectivity index (χ3n) is 7.78. The maximum Gasteiger partial charge on any atom is 0.326 e. The minimum absolute atomic E-state index is 0.0192. The van der Waals surface area contributed by atoms with Crippen LogP contribution in [0.3, 0.4) is 0 Å². The summed E-state index contributed by atoms with van der Waals surface area (Å²) in [5, 5.41) is 42.0. The highest BCUT2D eigenvalue weighted by atomic mass is 16.4. The smallest absolute Gasteiger partial charge is 0.326 e. The number of rotatable bonds is 22. The van der Waals surface area contributed by atoms with Gasteiger partial charge in [0.05, 0.1) is 12.1 Å². The molecule has 0 aliphatic heterocycles. The Bertz CT molecular complexity index is 1380. The summed E-state index contributed by atoms with van der Waals surface area (Å²) >= 11 is 0. The molecule has 0 unspecified atom stereocenters. The van der Waals surface area contributed by atoms with E-state index in [1.165, 1.54) is 26.0 Å². The molecule has 14 N–H and O–H groups in total. The van der Waals surface area contributed by atoms with Crippen molar-refractivity contribution in [3.8, 4) is 5.75 Å². The minimum atomic E-state index is -1.54. The number of aromatic hydroxyl groups is 1. The molecule has 0 radical (unpaired) electrons. The van der Waals surface area contributed by atoms with Crippen LogP contribution in [0, 0.1) is 11.8 Å². The Morgan fingerprint density at radius 1 is 0.712 bits per heavy atom. The Morgan fingerprint density at radius 2 is 1.21 bits per heavy atom. The number of phenolic OH excluding ortho intramolecular Hbond substituents is 1. The molecular weight excluding hydrogens is 678 g/mol. The summed E-state index contributed by atoms with van der Waals surface area (Å²) in [7, 11) is 0. The van der Waals surface area contributed by atoms with Crippen molar-refractivity contribution in [1.29, 1.82) is 0 Å². The van der Waals surface area contributed by atoms with Crippen molar-refractivity contribution in [2.75, 3.05) is 6.54 Å². The maximum absolute atomic E-state index is 13.5. The van der Waals surface area contributed by atoms with E-state index < -0.39 is 77.9 Å². The topological polar surface area (TPSA) is 314 Å². The van der Waals surface area contributed by atoms with E-state index in [9.17, 15) is 44.1 Å². The van der Waals surface area contributed by atoms with E-state index in [1.54, 1.807) is 26.0 Å². The first-order chi connectivity index (χ1) is 24.2. The van der Waals surface area contributed by atoms with Crippen molar-refractivity contribution in [2.45, 2.75) is 116 Å². The second kappa shape index (κ2) is 22.1. The standard InChI is InChI=1S/C34H57N9O9/c1-17(2)14-25(30(48)39-19(5)28(46)40-24(33(51)52)8-7-13-38-34(36)37)42-32(50)27(20(6)44)43-31(49)26(15-18(3)4)41-29(47)23(35)16-21-9-11-22(45)12-10-21/h9-12,17-20,23-27,44-45H,7-8,13-16,35H2,1-6H3,(H,39,48)(H,40,46)(H,41,47)(H,42,50)(H,43,49)(H,51,52)(H4,36,37,38)/t19-,20+,23-,24-,25-,26-,27-/m0/s1. The van der Waals surface area contributed by atoms with Gasteiger partial charge in [-0.3, -0.25) is 29.0 Å². The molecular formula is C34H57N9O9. The molecule has 0 heterocycles. The van der Waals surface area contributed by atoms with Crippen LogP contribution in [0.25, 0.3) is 0 Å². The van der Waals surface area contributed by atoms with Crippen LogP contribution < -0.4 is 43.8 Å². The van der Waals surface area contributed by atoms with Gasteiger partial charge in [0.15, 0.2) is 5.96 Å². The lowest BCUT2D eigenvalue weighted by Crippen LogP contribution is -2.61. The van der Waals surface area contributed by atoms with Crippen LogP contribution >= 0.6 is 0 Å². The molecule has 0 aromatic heterocycles. The highest BCUT2D eigenvalue weighted by Crippen LogP contribution is 2.12. The van der Waals surface area contributed by atoms with E-state index in [-0.39, 0.29) is 62.2 Å². The van der Waals surface area contributed by atoms with Crippen molar-refractivity contribution in [1.82, 2.24) is 26.6 Å². The molecule has 0 fully saturated rings. The molecule has 18 heteroatoms. The van der Waals surface area contributed by atoms with Gasteiger partial charge in [-0.1, -0.05) is 39.8 Å². The number of guanidine groups is 1. The summed E-state index contributed by atoms with van der Waals surface area (Å²) < 4.78 is 0. The number of aliphatic hydroxyl groups excluding tert-OH is 1. The molecule has 7 atom stereocenters. The Balaban J connectivity index is 3.01. The van der Waals surface area contributed by atoms with Crippen LogP contribution in [0.15, 0.2) is 29.3 Å². The molecule has 0 bridgehead atoms. The van der Waals surface area contributed by atoms with Crippen molar-refractivity contribution in [2.24, 2.45) is 34.0 Å². The van der Waals surface area contributed by atoms with Crippen molar-refractivity contribution in [3.05, 3.63) is 29.8 Å². The normalized spacial score (nSPS) is 15.2. The zero-order chi connectivity index (χ0) is 39.7. The van der Waals surface area contributed by atoms with Crippen molar-refractivity contribution >= 4 is 41.5 Å². The quantitative estimate of drug-likeness (QED) is 0.0361. The number of nitrogens with two attached hydrogens (primary N) is 3. The number of carboxylic acid groups (broad SMARTS) is 1. The third-order valence-corrected chi connectivity index (χ3v) is 7.78. The number of carbonyl (C=O) groups is 6. The van der Waals surface area contributed by atoms with Crippen LogP contribution in [0.1, 0.15) is 72.8 Å². The van der Waals surface area contributed by atoms with Crippen molar-refractivity contribution in [3.63, 3.8) is 0 Å². The summed E-state index contributed by atoms with van der Waals surface area (Å²) in [6.07, 6.45) is -0.733. The number of nitrogens with zero attached hydrogens (tertiary/aromatic N) is 1. The predicted molar refractivity (Wildman–Crippen MR) is 193 cm³/mol. The summed E-state index contributed by atoms with van der Waals surface area (Å²) in [6, 6.07) is -1.23. The fraction of sp³-hybridized carbons (Fsp3) is 0.618. The van der Waals surface area contributed by atoms with Gasteiger partial charge in [-0.25, -0.2) is 4.79 Å². The molecule has 1 aromatic rings. The number of aliphatic imine (C=N–C) groups is 1. The predicted octanol–water partition coefficient (Wildman–Crippen LogP) is -1.68. The highest BCUT2D eigenvalue weighted by molar-refractivity contribution is 5.96. The molecule has 5 amide bonds. The number of amides is 5. The van der Waals surface area contributed by atoms with E-state index in [1.807, 2.05) is 13.8 Å².